The van der Waals surface area contributed by atoms with Gasteiger partial charge < -0.3 is 4.90 Å². The van der Waals surface area contributed by atoms with E-state index < -0.39 is 0 Å². The number of anilines is 1. The van der Waals surface area contributed by atoms with Gasteiger partial charge in [-0.15, -0.1) is 0 Å². The number of halogens is 1. The number of nitrogens with zero attached hydrogens (tertiary/aromatic N) is 2. The van der Waals surface area contributed by atoms with Crippen LogP contribution in [0.25, 0.3) is 0 Å². The van der Waals surface area contributed by atoms with Gasteiger partial charge in [-0.2, -0.15) is 0 Å². The van der Waals surface area contributed by atoms with Crippen LogP contribution in [0.1, 0.15) is 16.1 Å². The first kappa shape index (κ1) is 12.8. The van der Waals surface area contributed by atoms with Gasteiger partial charge in [-0.1, -0.05) is 22.0 Å². The molecule has 0 spiro atoms. The highest BCUT2D eigenvalue weighted by atomic mass is 79.9. The normalized spacial score (nSPS) is 10.1. The van der Waals surface area contributed by atoms with Crippen molar-refractivity contribution in [1.29, 1.82) is 0 Å². The Balaban J connectivity index is 2.25. The lowest BCUT2D eigenvalue weighted by Gasteiger charge is -2.20. The van der Waals surface area contributed by atoms with Crippen LogP contribution in [0.4, 0.5) is 5.69 Å². The van der Waals surface area contributed by atoms with E-state index in [1.165, 1.54) is 0 Å². The minimum Gasteiger partial charge on any atom is -0.368 e. The van der Waals surface area contributed by atoms with E-state index in [9.17, 15) is 4.79 Å². The van der Waals surface area contributed by atoms with Gasteiger partial charge >= 0.3 is 0 Å². The Morgan fingerprint density at radius 1 is 1.33 bits per heavy atom. The van der Waals surface area contributed by atoms with Crippen LogP contribution in [-0.2, 0) is 6.54 Å². The van der Waals surface area contributed by atoms with E-state index in [-0.39, 0.29) is 0 Å². The molecule has 3 nitrogen and oxygen atoms in total. The molecule has 4 heteroatoms. The maximum absolute atomic E-state index is 11.0. The Morgan fingerprint density at radius 2 is 2.17 bits per heavy atom. The maximum Gasteiger partial charge on any atom is 0.152 e. The zero-order chi connectivity index (χ0) is 13.0. The number of rotatable bonds is 4. The van der Waals surface area contributed by atoms with E-state index in [1.54, 1.807) is 12.3 Å². The topological polar surface area (TPSA) is 33.2 Å². The summed E-state index contributed by atoms with van der Waals surface area (Å²) in [7, 11) is 1.95. The summed E-state index contributed by atoms with van der Waals surface area (Å²) in [5, 5.41) is 0. The number of hydrogen-bond donors (Lipinski definition) is 0. The van der Waals surface area contributed by atoms with Crippen molar-refractivity contribution in [2.24, 2.45) is 0 Å². The van der Waals surface area contributed by atoms with E-state index >= 15 is 0 Å². The van der Waals surface area contributed by atoms with Crippen LogP contribution in [0, 0.1) is 0 Å². The van der Waals surface area contributed by atoms with Crippen molar-refractivity contribution in [1.82, 2.24) is 4.98 Å². The molecule has 0 saturated heterocycles. The lowest BCUT2D eigenvalue weighted by molar-refractivity contribution is 0.112. The first-order chi connectivity index (χ1) is 8.70. The van der Waals surface area contributed by atoms with Crippen LogP contribution in [0.2, 0.25) is 0 Å². The molecule has 0 unspecified atom stereocenters. The fourth-order valence-electron chi connectivity index (χ4n) is 1.77. The molecular formula is C14H13BrN2O. The fourth-order valence-corrected chi connectivity index (χ4v) is 2.12. The molecule has 1 heterocycles. The molecule has 0 N–H and O–H groups in total. The van der Waals surface area contributed by atoms with Gasteiger partial charge in [0, 0.05) is 29.0 Å². The van der Waals surface area contributed by atoms with Crippen LogP contribution < -0.4 is 4.90 Å². The summed E-state index contributed by atoms with van der Waals surface area (Å²) in [6.45, 7) is 0.665. The maximum atomic E-state index is 11.0. The largest absolute Gasteiger partial charge is 0.368 e. The van der Waals surface area contributed by atoms with Crippen LogP contribution in [-0.4, -0.2) is 18.3 Å². The molecule has 2 aromatic rings. The molecule has 0 radical (unpaired) electrons. The second-order valence-corrected chi connectivity index (χ2v) is 4.91. The van der Waals surface area contributed by atoms with Crippen LogP contribution >= 0.6 is 15.9 Å². The summed E-state index contributed by atoms with van der Waals surface area (Å²) in [5.41, 5.74) is 2.54. The molecule has 92 valence electrons. The molecule has 0 aliphatic heterocycles. The van der Waals surface area contributed by atoms with Crippen molar-refractivity contribution in [2.75, 3.05) is 11.9 Å². The van der Waals surface area contributed by atoms with Crippen LogP contribution in [0.5, 0.6) is 0 Å². The summed E-state index contributed by atoms with van der Waals surface area (Å²) in [4.78, 5) is 17.3. The predicted octanol–water partition coefficient (Wildman–Crippen LogP) is 3.29. The summed E-state index contributed by atoms with van der Waals surface area (Å²) < 4.78 is 0.955. The standard InChI is InChI=1S/C14H13BrN2O/c1-17(9-13-4-2-3-7-16-13)14-8-12(15)6-5-11(14)10-18/h2-8,10H,9H2,1H3. The zero-order valence-corrected chi connectivity index (χ0v) is 11.6. The smallest absolute Gasteiger partial charge is 0.152 e. The number of benzene rings is 1. The average Bonchev–Trinajstić information content (AvgIpc) is 2.40. The molecule has 0 atom stereocenters. The highest BCUT2D eigenvalue weighted by molar-refractivity contribution is 9.10. The number of pyridine rings is 1. The summed E-state index contributed by atoms with van der Waals surface area (Å²) >= 11 is 3.42. The van der Waals surface area contributed by atoms with Gasteiger partial charge in [0.2, 0.25) is 0 Å². The number of aromatic nitrogens is 1. The van der Waals surface area contributed by atoms with Crippen molar-refractivity contribution in [3.05, 3.63) is 58.3 Å². The number of carbonyl (C=O) groups is 1. The van der Waals surface area contributed by atoms with Crippen molar-refractivity contribution in [2.45, 2.75) is 6.54 Å². The van der Waals surface area contributed by atoms with Crippen molar-refractivity contribution < 1.29 is 4.79 Å². The fraction of sp³-hybridized carbons (Fsp3) is 0.143. The highest BCUT2D eigenvalue weighted by Gasteiger charge is 2.08. The minimum atomic E-state index is 0.665. The highest BCUT2D eigenvalue weighted by Crippen LogP contribution is 2.24. The molecule has 2 rings (SSSR count). The molecule has 0 aliphatic rings. The van der Waals surface area contributed by atoms with Gasteiger partial charge in [0.25, 0.3) is 0 Å². The van der Waals surface area contributed by atoms with E-state index in [1.807, 2.05) is 42.3 Å². The molecule has 1 aromatic carbocycles. The third kappa shape index (κ3) is 2.96. The SMILES string of the molecule is CN(Cc1ccccn1)c1cc(Br)ccc1C=O. The summed E-state index contributed by atoms with van der Waals surface area (Å²) in [5.74, 6) is 0. The average molecular weight is 305 g/mol. The first-order valence-electron chi connectivity index (χ1n) is 5.56. The first-order valence-corrected chi connectivity index (χ1v) is 6.36. The second-order valence-electron chi connectivity index (χ2n) is 4.00. The van der Waals surface area contributed by atoms with Gasteiger partial charge in [-0.05, 0) is 30.3 Å². The third-order valence-corrected chi connectivity index (χ3v) is 3.15. The van der Waals surface area contributed by atoms with E-state index in [4.69, 9.17) is 0 Å². The summed E-state index contributed by atoms with van der Waals surface area (Å²) in [6, 6.07) is 11.4. The van der Waals surface area contributed by atoms with Gasteiger partial charge in [-0.25, -0.2) is 0 Å². The van der Waals surface area contributed by atoms with Crippen LogP contribution in [0.3, 0.4) is 0 Å². The molecule has 18 heavy (non-hydrogen) atoms. The minimum absolute atomic E-state index is 0.665. The van der Waals surface area contributed by atoms with Crippen molar-refractivity contribution in [3.8, 4) is 0 Å². The van der Waals surface area contributed by atoms with E-state index in [2.05, 4.69) is 20.9 Å². The Bertz CT molecular complexity index is 543. The molecular weight excluding hydrogens is 292 g/mol. The molecule has 0 fully saturated rings. The molecule has 1 aromatic heterocycles. The Kier molecular flexibility index (Phi) is 4.10. The molecule has 0 bridgehead atoms. The lowest BCUT2D eigenvalue weighted by atomic mass is 10.1. The second kappa shape index (κ2) is 5.78. The quantitative estimate of drug-likeness (QED) is 0.813. The van der Waals surface area contributed by atoms with E-state index in [0.29, 0.717) is 12.1 Å². The third-order valence-electron chi connectivity index (χ3n) is 2.66. The predicted molar refractivity (Wildman–Crippen MR) is 75.9 cm³/mol. The number of hydrogen-bond acceptors (Lipinski definition) is 3. The molecule has 0 saturated carbocycles. The van der Waals surface area contributed by atoms with Crippen molar-refractivity contribution >= 4 is 27.9 Å². The Hall–Kier alpha value is -1.68. The van der Waals surface area contributed by atoms with Gasteiger partial charge in [0.1, 0.15) is 0 Å². The van der Waals surface area contributed by atoms with Gasteiger partial charge in [0.15, 0.2) is 6.29 Å². The molecule has 0 amide bonds. The van der Waals surface area contributed by atoms with Gasteiger partial charge in [-0.3, -0.25) is 9.78 Å². The molecule has 0 aliphatic carbocycles. The summed E-state index contributed by atoms with van der Waals surface area (Å²) in [6.07, 6.45) is 2.64. The number of carbonyl (C=O) groups excluding carboxylic acids is 1. The van der Waals surface area contributed by atoms with Crippen LogP contribution in [0.15, 0.2) is 47.1 Å². The van der Waals surface area contributed by atoms with E-state index in [0.717, 1.165) is 22.1 Å². The van der Waals surface area contributed by atoms with Gasteiger partial charge in [0.05, 0.1) is 12.2 Å². The Labute approximate surface area is 115 Å². The Morgan fingerprint density at radius 3 is 2.83 bits per heavy atom. The lowest BCUT2D eigenvalue weighted by Crippen LogP contribution is -2.18. The van der Waals surface area contributed by atoms with Crippen molar-refractivity contribution in [3.63, 3.8) is 0 Å². The number of aldehydes is 1. The monoisotopic (exact) mass is 304 g/mol. The zero-order valence-electron chi connectivity index (χ0n) is 10.0.